The van der Waals surface area contributed by atoms with Crippen molar-refractivity contribution in [2.75, 3.05) is 0 Å². The highest BCUT2D eigenvalue weighted by molar-refractivity contribution is 5.48. The Bertz CT molecular complexity index is 555. The van der Waals surface area contributed by atoms with E-state index in [0.29, 0.717) is 0 Å². The fourth-order valence-corrected chi connectivity index (χ4v) is 1.48. The van der Waals surface area contributed by atoms with Crippen LogP contribution in [0.5, 0.6) is 0 Å². The molecule has 1 aromatic heterocycles. The zero-order chi connectivity index (χ0) is 12.3. The van der Waals surface area contributed by atoms with Crippen LogP contribution in [0.15, 0.2) is 42.7 Å². The Kier molecular flexibility index (Phi) is 3.00. The first-order valence-corrected chi connectivity index (χ1v) is 5.13. The number of aromatic nitrogens is 2. The van der Waals surface area contributed by atoms with E-state index in [4.69, 9.17) is 0 Å². The summed E-state index contributed by atoms with van der Waals surface area (Å²) in [6.45, 7) is 1.93. The number of nitrogens with zero attached hydrogens (tertiary/aromatic N) is 3. The van der Waals surface area contributed by atoms with Crippen molar-refractivity contribution < 1.29 is 4.92 Å². The van der Waals surface area contributed by atoms with E-state index in [1.165, 1.54) is 12.1 Å². The topological polar surface area (TPSA) is 61.0 Å². The van der Waals surface area contributed by atoms with Crippen molar-refractivity contribution in [1.29, 1.82) is 0 Å². The lowest BCUT2D eigenvalue weighted by molar-refractivity contribution is -0.384. The van der Waals surface area contributed by atoms with Crippen LogP contribution in [-0.4, -0.2) is 14.7 Å². The first-order chi connectivity index (χ1) is 8.20. The zero-order valence-corrected chi connectivity index (χ0v) is 9.28. The Hall–Kier alpha value is -2.43. The Labute approximate surface area is 98.2 Å². The maximum absolute atomic E-state index is 10.5. The fourth-order valence-electron chi connectivity index (χ4n) is 1.48. The molecular weight excluding hydrogens is 218 g/mol. The van der Waals surface area contributed by atoms with Gasteiger partial charge in [-0.2, -0.15) is 5.10 Å². The maximum atomic E-state index is 10.5. The van der Waals surface area contributed by atoms with Gasteiger partial charge in [0.15, 0.2) is 0 Å². The third kappa shape index (κ3) is 2.39. The number of hydrogen-bond donors (Lipinski definition) is 0. The zero-order valence-electron chi connectivity index (χ0n) is 9.28. The Balaban J connectivity index is 2.29. The third-order valence-electron chi connectivity index (χ3n) is 2.29. The van der Waals surface area contributed by atoms with Crippen LogP contribution in [0.4, 0.5) is 5.69 Å². The quantitative estimate of drug-likeness (QED) is 0.600. The number of nitro benzene ring substituents is 1. The molecule has 0 fully saturated rings. The van der Waals surface area contributed by atoms with E-state index in [0.717, 1.165) is 11.3 Å². The van der Waals surface area contributed by atoms with Crippen LogP contribution in [0, 0.1) is 10.1 Å². The summed E-state index contributed by atoms with van der Waals surface area (Å²) in [5.74, 6) is 0. The predicted molar refractivity (Wildman–Crippen MR) is 64.9 cm³/mol. The molecule has 5 heteroatoms. The van der Waals surface area contributed by atoms with Crippen LogP contribution in [0.25, 0.3) is 11.8 Å². The smallest absolute Gasteiger partial charge is 0.258 e. The van der Waals surface area contributed by atoms with Gasteiger partial charge in [-0.25, -0.2) is 4.68 Å². The van der Waals surface area contributed by atoms with Gasteiger partial charge in [-0.05, 0) is 19.1 Å². The van der Waals surface area contributed by atoms with Crippen LogP contribution in [0.3, 0.4) is 0 Å². The van der Waals surface area contributed by atoms with Gasteiger partial charge in [0.05, 0.1) is 16.8 Å². The van der Waals surface area contributed by atoms with Crippen LogP contribution in [0.2, 0.25) is 0 Å². The highest BCUT2D eigenvalue weighted by atomic mass is 16.6. The van der Waals surface area contributed by atoms with Crippen molar-refractivity contribution in [3.05, 3.63) is 58.4 Å². The lowest BCUT2D eigenvalue weighted by atomic mass is 10.3. The number of benzene rings is 1. The summed E-state index contributed by atoms with van der Waals surface area (Å²) < 4.78 is 1.68. The molecule has 0 unspecified atom stereocenters. The van der Waals surface area contributed by atoms with E-state index in [2.05, 4.69) is 5.10 Å². The molecular formula is C12H11N3O2. The molecule has 86 valence electrons. The molecule has 2 rings (SSSR count). The highest BCUT2D eigenvalue weighted by Crippen LogP contribution is 2.15. The summed E-state index contributed by atoms with van der Waals surface area (Å²) in [4.78, 5) is 10.1. The Morgan fingerprint density at radius 2 is 2.06 bits per heavy atom. The molecule has 0 aliphatic heterocycles. The molecule has 17 heavy (non-hydrogen) atoms. The van der Waals surface area contributed by atoms with Crippen molar-refractivity contribution in [3.63, 3.8) is 0 Å². The molecule has 0 radical (unpaired) electrons. The van der Waals surface area contributed by atoms with Gasteiger partial charge in [0.2, 0.25) is 0 Å². The first kappa shape index (κ1) is 11.1. The van der Waals surface area contributed by atoms with Gasteiger partial charge in [-0.1, -0.05) is 12.2 Å². The summed E-state index contributed by atoms with van der Waals surface area (Å²) in [7, 11) is 0. The lowest BCUT2D eigenvalue weighted by Crippen LogP contribution is -1.94. The summed E-state index contributed by atoms with van der Waals surface area (Å²) in [5, 5.41) is 14.7. The van der Waals surface area contributed by atoms with Crippen LogP contribution >= 0.6 is 0 Å². The summed E-state index contributed by atoms with van der Waals surface area (Å²) in [5.41, 5.74) is 1.87. The number of nitro groups is 1. The molecule has 0 N–H and O–H groups in total. The SMILES string of the molecule is C/C=C/c1cnn(-c2ccc([N+](=O)[O-])cc2)c1. The average Bonchev–Trinajstić information content (AvgIpc) is 2.78. The van der Waals surface area contributed by atoms with Gasteiger partial charge in [0, 0.05) is 23.9 Å². The molecule has 0 aliphatic carbocycles. The van der Waals surface area contributed by atoms with Crippen molar-refractivity contribution in [2.24, 2.45) is 0 Å². The first-order valence-electron chi connectivity index (χ1n) is 5.13. The van der Waals surface area contributed by atoms with Gasteiger partial charge in [0.1, 0.15) is 0 Å². The minimum atomic E-state index is -0.419. The van der Waals surface area contributed by atoms with Crippen LogP contribution in [0.1, 0.15) is 12.5 Å². The standard InChI is InChI=1S/C12H11N3O2/c1-2-3-10-8-13-14(9-10)11-4-6-12(7-5-11)15(16)17/h2-9H,1H3/b3-2+. The second-order valence-electron chi connectivity index (χ2n) is 3.49. The van der Waals surface area contributed by atoms with E-state index >= 15 is 0 Å². The van der Waals surface area contributed by atoms with E-state index in [-0.39, 0.29) is 5.69 Å². The van der Waals surface area contributed by atoms with Gasteiger partial charge >= 0.3 is 0 Å². The normalized spacial score (nSPS) is 10.9. The molecule has 0 bridgehead atoms. The van der Waals surface area contributed by atoms with Gasteiger partial charge in [-0.3, -0.25) is 10.1 Å². The number of non-ortho nitro benzene ring substituents is 1. The van der Waals surface area contributed by atoms with E-state index in [9.17, 15) is 10.1 Å². The van der Waals surface area contributed by atoms with Crippen LogP contribution in [-0.2, 0) is 0 Å². The predicted octanol–water partition coefficient (Wildman–Crippen LogP) is 2.81. The van der Waals surface area contributed by atoms with E-state index < -0.39 is 4.92 Å². The molecule has 2 aromatic rings. The maximum Gasteiger partial charge on any atom is 0.269 e. The van der Waals surface area contributed by atoms with E-state index in [1.807, 2.05) is 25.3 Å². The second kappa shape index (κ2) is 4.61. The van der Waals surface area contributed by atoms with Crippen molar-refractivity contribution in [2.45, 2.75) is 6.92 Å². The lowest BCUT2D eigenvalue weighted by Gasteiger charge is -1.99. The largest absolute Gasteiger partial charge is 0.269 e. The van der Waals surface area contributed by atoms with Gasteiger partial charge in [0.25, 0.3) is 5.69 Å². The Morgan fingerprint density at radius 3 is 2.65 bits per heavy atom. The van der Waals surface area contributed by atoms with Crippen molar-refractivity contribution in [3.8, 4) is 5.69 Å². The molecule has 1 heterocycles. The summed E-state index contributed by atoms with van der Waals surface area (Å²) in [6, 6.07) is 6.27. The van der Waals surface area contributed by atoms with Gasteiger partial charge in [-0.15, -0.1) is 0 Å². The van der Waals surface area contributed by atoms with Crippen molar-refractivity contribution in [1.82, 2.24) is 9.78 Å². The number of hydrogen-bond acceptors (Lipinski definition) is 3. The number of allylic oxidation sites excluding steroid dienone is 1. The van der Waals surface area contributed by atoms with E-state index in [1.54, 1.807) is 23.0 Å². The minimum absolute atomic E-state index is 0.0783. The molecule has 1 aromatic carbocycles. The molecule has 0 saturated carbocycles. The highest BCUT2D eigenvalue weighted by Gasteiger charge is 2.05. The molecule has 0 spiro atoms. The average molecular weight is 229 g/mol. The molecule has 5 nitrogen and oxygen atoms in total. The third-order valence-corrected chi connectivity index (χ3v) is 2.29. The van der Waals surface area contributed by atoms with Crippen molar-refractivity contribution >= 4 is 11.8 Å². The monoisotopic (exact) mass is 229 g/mol. The van der Waals surface area contributed by atoms with Crippen LogP contribution < -0.4 is 0 Å². The molecule has 0 atom stereocenters. The minimum Gasteiger partial charge on any atom is -0.258 e. The molecule has 0 saturated heterocycles. The summed E-state index contributed by atoms with van der Waals surface area (Å²) >= 11 is 0. The second-order valence-corrected chi connectivity index (χ2v) is 3.49. The fraction of sp³-hybridized carbons (Fsp3) is 0.0833. The molecule has 0 amide bonds. The Morgan fingerprint density at radius 1 is 1.35 bits per heavy atom. The van der Waals surface area contributed by atoms with Gasteiger partial charge < -0.3 is 0 Å². The summed E-state index contributed by atoms with van der Waals surface area (Å²) in [6.07, 6.45) is 7.47. The number of rotatable bonds is 3. The molecule has 0 aliphatic rings.